The number of carbonyl (C=O) groups is 1. The van der Waals surface area contributed by atoms with Crippen molar-refractivity contribution in [3.63, 3.8) is 0 Å². The average Bonchev–Trinajstić information content (AvgIpc) is 3.23. The molecule has 2 aromatic rings. The second kappa shape index (κ2) is 7.04. The molecule has 0 unspecified atom stereocenters. The highest BCUT2D eigenvalue weighted by Gasteiger charge is 2.46. The molecule has 0 aliphatic carbocycles. The van der Waals surface area contributed by atoms with E-state index in [1.807, 2.05) is 0 Å². The Balaban J connectivity index is 1.88. The normalized spacial score (nSPS) is 20.9. The van der Waals surface area contributed by atoms with Gasteiger partial charge in [-0.15, -0.1) is 0 Å². The number of ether oxygens (including phenoxy) is 2. The molecule has 8 nitrogen and oxygen atoms in total. The molecule has 2 heterocycles. The van der Waals surface area contributed by atoms with Gasteiger partial charge in [0.2, 0.25) is 0 Å². The third-order valence-corrected chi connectivity index (χ3v) is 5.84. The molecule has 10 heteroatoms. The number of halogens is 1. The van der Waals surface area contributed by atoms with E-state index in [4.69, 9.17) is 9.47 Å². The summed E-state index contributed by atoms with van der Waals surface area (Å²) in [5.41, 5.74) is 0. The number of nitrogens with zero attached hydrogens (tertiary/aromatic N) is 3. The number of carbonyl (C=O) groups excluding carboxylic acids is 1. The van der Waals surface area contributed by atoms with Crippen molar-refractivity contribution in [2.75, 3.05) is 13.7 Å². The van der Waals surface area contributed by atoms with Crippen LogP contribution in [0, 0.1) is 5.82 Å². The van der Waals surface area contributed by atoms with Gasteiger partial charge in [0.1, 0.15) is 12.1 Å². The molecule has 0 amide bonds. The molecule has 1 aliphatic heterocycles. The molecular formula is C16H18FN3O5S. The summed E-state index contributed by atoms with van der Waals surface area (Å²) in [7, 11) is -1.21. The number of imidazole rings is 1. The third-order valence-electron chi connectivity index (χ3n) is 4.08. The Labute approximate surface area is 150 Å². The van der Waals surface area contributed by atoms with Crippen molar-refractivity contribution < 1.29 is 27.1 Å². The molecule has 1 aromatic heterocycles. The van der Waals surface area contributed by atoms with E-state index < -0.39 is 34.0 Å². The van der Waals surface area contributed by atoms with Crippen LogP contribution in [-0.2, 0) is 26.6 Å². The van der Waals surface area contributed by atoms with Crippen LogP contribution < -0.4 is 4.74 Å². The summed E-state index contributed by atoms with van der Waals surface area (Å²) in [5, 5.41) is -0.180. The highest BCUT2D eigenvalue weighted by molar-refractivity contribution is 7.89. The summed E-state index contributed by atoms with van der Waals surface area (Å²) >= 11 is 0. The number of sulfonamides is 1. The van der Waals surface area contributed by atoms with Crippen molar-refractivity contribution in [3.8, 4) is 5.75 Å². The molecule has 26 heavy (non-hydrogen) atoms. The summed E-state index contributed by atoms with van der Waals surface area (Å²) in [5.74, 6) is -1.27. The fourth-order valence-corrected chi connectivity index (χ4v) is 4.42. The van der Waals surface area contributed by atoms with Gasteiger partial charge >= 0.3 is 5.97 Å². The minimum absolute atomic E-state index is 0.00167. The van der Waals surface area contributed by atoms with Crippen LogP contribution in [0.25, 0.3) is 0 Å². The molecule has 140 valence electrons. The standard InChI is InChI=1S/C16H18FN3O5S/c1-19-9-15(18-10-19)26(22,23)20-8-11(7-13(20)16(21)24-2)25-14-6-4-3-5-12(14)17/h3-6,9-11,13H,7-8H2,1-2H3/t11-,13+/m0/s1. The highest BCUT2D eigenvalue weighted by atomic mass is 32.2. The zero-order chi connectivity index (χ0) is 18.9. The molecule has 0 N–H and O–H groups in total. The van der Waals surface area contributed by atoms with E-state index in [9.17, 15) is 17.6 Å². The number of hydrogen-bond acceptors (Lipinski definition) is 6. The van der Waals surface area contributed by atoms with Crippen LogP contribution >= 0.6 is 0 Å². The van der Waals surface area contributed by atoms with E-state index in [0.29, 0.717) is 0 Å². The van der Waals surface area contributed by atoms with Gasteiger partial charge in [0.05, 0.1) is 20.0 Å². The molecule has 1 aliphatic rings. The van der Waals surface area contributed by atoms with Gasteiger partial charge in [-0.3, -0.25) is 4.79 Å². The number of benzene rings is 1. The lowest BCUT2D eigenvalue weighted by Crippen LogP contribution is -2.41. The summed E-state index contributed by atoms with van der Waals surface area (Å²) in [6.45, 7) is -0.118. The fourth-order valence-electron chi connectivity index (χ4n) is 2.83. The Morgan fingerprint density at radius 1 is 1.35 bits per heavy atom. The maximum atomic E-state index is 13.8. The smallest absolute Gasteiger partial charge is 0.324 e. The van der Waals surface area contributed by atoms with Crippen LogP contribution in [0.4, 0.5) is 4.39 Å². The van der Waals surface area contributed by atoms with Gasteiger partial charge < -0.3 is 14.0 Å². The van der Waals surface area contributed by atoms with Gasteiger partial charge in [0.25, 0.3) is 10.0 Å². The molecule has 2 atom stereocenters. The summed E-state index contributed by atoms with van der Waals surface area (Å²) < 4.78 is 52.3. The number of aryl methyl sites for hydroxylation is 1. The van der Waals surface area contributed by atoms with Crippen LogP contribution in [0.3, 0.4) is 0 Å². The van der Waals surface area contributed by atoms with E-state index in [0.717, 1.165) is 4.31 Å². The minimum atomic E-state index is -4.03. The van der Waals surface area contributed by atoms with Gasteiger partial charge in [-0.25, -0.2) is 17.8 Å². The van der Waals surface area contributed by atoms with E-state index in [1.165, 1.54) is 42.4 Å². The number of methoxy groups -OCH3 is 1. The predicted octanol–water partition coefficient (Wildman–Crippen LogP) is 0.943. The molecule has 0 saturated carbocycles. The Morgan fingerprint density at radius 3 is 2.69 bits per heavy atom. The van der Waals surface area contributed by atoms with Crippen molar-refractivity contribution in [2.45, 2.75) is 23.6 Å². The third kappa shape index (κ3) is 3.42. The first-order valence-corrected chi connectivity index (χ1v) is 9.25. The molecule has 1 aromatic carbocycles. The van der Waals surface area contributed by atoms with E-state index >= 15 is 0 Å². The number of esters is 1. The van der Waals surface area contributed by atoms with Gasteiger partial charge in [0, 0.05) is 19.7 Å². The monoisotopic (exact) mass is 383 g/mol. The highest BCUT2D eigenvalue weighted by Crippen LogP contribution is 2.29. The lowest BCUT2D eigenvalue weighted by Gasteiger charge is -2.20. The van der Waals surface area contributed by atoms with Crippen LogP contribution in [0.15, 0.2) is 41.8 Å². The van der Waals surface area contributed by atoms with E-state index in [1.54, 1.807) is 13.1 Å². The summed E-state index contributed by atoms with van der Waals surface area (Å²) in [6.07, 6.45) is 2.04. The first-order chi connectivity index (χ1) is 12.3. The Bertz CT molecular complexity index is 914. The zero-order valence-corrected chi connectivity index (χ0v) is 15.0. The van der Waals surface area contributed by atoms with Gasteiger partial charge in [-0.2, -0.15) is 4.31 Å². The molecule has 0 bridgehead atoms. The molecular weight excluding hydrogens is 365 g/mol. The first kappa shape index (κ1) is 18.3. The molecule has 1 saturated heterocycles. The van der Waals surface area contributed by atoms with Crippen molar-refractivity contribution in [1.82, 2.24) is 13.9 Å². The van der Waals surface area contributed by atoms with Crippen LogP contribution in [-0.4, -0.2) is 54.0 Å². The number of hydrogen-bond donors (Lipinski definition) is 0. The van der Waals surface area contributed by atoms with Crippen LogP contribution in [0.2, 0.25) is 0 Å². The van der Waals surface area contributed by atoms with Crippen LogP contribution in [0.5, 0.6) is 5.75 Å². The lowest BCUT2D eigenvalue weighted by molar-refractivity contribution is -0.144. The van der Waals surface area contributed by atoms with Crippen molar-refractivity contribution >= 4 is 16.0 Å². The average molecular weight is 383 g/mol. The largest absolute Gasteiger partial charge is 0.486 e. The lowest BCUT2D eigenvalue weighted by atomic mass is 10.2. The van der Waals surface area contributed by atoms with E-state index in [2.05, 4.69) is 4.98 Å². The Kier molecular flexibility index (Phi) is 4.97. The Hall–Kier alpha value is -2.46. The summed E-state index contributed by atoms with van der Waals surface area (Å²) in [4.78, 5) is 15.9. The number of aromatic nitrogens is 2. The summed E-state index contributed by atoms with van der Waals surface area (Å²) in [6, 6.07) is 4.74. The maximum Gasteiger partial charge on any atom is 0.324 e. The van der Waals surface area contributed by atoms with Gasteiger partial charge in [-0.05, 0) is 12.1 Å². The molecule has 3 rings (SSSR count). The number of para-hydroxylation sites is 1. The zero-order valence-electron chi connectivity index (χ0n) is 14.2. The topological polar surface area (TPSA) is 90.7 Å². The quantitative estimate of drug-likeness (QED) is 0.714. The molecule has 0 spiro atoms. The fraction of sp³-hybridized carbons (Fsp3) is 0.375. The van der Waals surface area contributed by atoms with Gasteiger partial charge in [-0.1, -0.05) is 12.1 Å². The van der Waals surface area contributed by atoms with Crippen LogP contribution in [0.1, 0.15) is 6.42 Å². The minimum Gasteiger partial charge on any atom is -0.486 e. The van der Waals surface area contributed by atoms with E-state index in [-0.39, 0.29) is 23.7 Å². The van der Waals surface area contributed by atoms with Gasteiger partial charge in [0.15, 0.2) is 16.6 Å². The second-order valence-corrected chi connectivity index (χ2v) is 7.73. The SMILES string of the molecule is COC(=O)[C@H]1C[C@H](Oc2ccccc2F)CN1S(=O)(=O)c1cn(C)cn1. The number of rotatable bonds is 5. The Morgan fingerprint density at radius 2 is 2.08 bits per heavy atom. The second-order valence-electron chi connectivity index (χ2n) is 5.90. The van der Waals surface area contributed by atoms with Crippen molar-refractivity contribution in [2.24, 2.45) is 7.05 Å². The first-order valence-electron chi connectivity index (χ1n) is 7.81. The molecule has 1 fully saturated rings. The maximum absolute atomic E-state index is 13.8. The predicted molar refractivity (Wildman–Crippen MR) is 88.3 cm³/mol. The van der Waals surface area contributed by atoms with Crippen molar-refractivity contribution in [1.29, 1.82) is 0 Å². The molecule has 0 radical (unpaired) electrons. The van der Waals surface area contributed by atoms with Crippen molar-refractivity contribution in [3.05, 3.63) is 42.6 Å².